The van der Waals surface area contributed by atoms with Crippen LogP contribution in [0.4, 0.5) is 18.9 Å². The van der Waals surface area contributed by atoms with Gasteiger partial charge in [0.2, 0.25) is 11.8 Å². The van der Waals surface area contributed by atoms with Crippen molar-refractivity contribution in [2.45, 2.75) is 50.5 Å². The molecule has 4 aromatic rings. The van der Waals surface area contributed by atoms with E-state index in [1.807, 2.05) is 42.5 Å². The number of rotatable bonds is 7. The summed E-state index contributed by atoms with van der Waals surface area (Å²) in [6, 6.07) is 21.3. The molecule has 1 fully saturated rings. The first-order chi connectivity index (χ1) is 20.9. The third kappa shape index (κ3) is 6.39. The van der Waals surface area contributed by atoms with Crippen molar-refractivity contribution >= 4 is 34.2 Å². The van der Waals surface area contributed by atoms with Gasteiger partial charge in [0.15, 0.2) is 0 Å². The Labute approximate surface area is 253 Å². The van der Waals surface area contributed by atoms with E-state index < -0.39 is 47.6 Å². The van der Waals surface area contributed by atoms with E-state index in [0.717, 1.165) is 28.5 Å². The van der Waals surface area contributed by atoms with Crippen LogP contribution in [-0.2, 0) is 33.4 Å². The Bertz CT molecular complexity index is 1680. The SMILES string of the molecule is C[C@@H]1CCN([C@H](Cc2cccc3ccccc23)C(N)=O)C(=O)[C@H](c2cccc(C(F)(F)F)c2)N1C(=O)Cc1ccc(N)cc1. The highest BCUT2D eigenvalue weighted by atomic mass is 19.4. The predicted octanol–water partition coefficient (Wildman–Crippen LogP) is 5.27. The topological polar surface area (TPSA) is 110 Å². The molecule has 1 aliphatic rings. The fourth-order valence-corrected chi connectivity index (χ4v) is 5.94. The molecule has 0 aliphatic carbocycles. The number of hydrogen-bond donors (Lipinski definition) is 2. The van der Waals surface area contributed by atoms with Crippen LogP contribution in [0.15, 0.2) is 91.0 Å². The molecule has 0 spiro atoms. The second kappa shape index (κ2) is 12.4. The van der Waals surface area contributed by atoms with Gasteiger partial charge in [-0.1, -0.05) is 66.7 Å². The molecule has 7 nitrogen and oxygen atoms in total. The number of carbonyl (C=O) groups excluding carboxylic acids is 3. The van der Waals surface area contributed by atoms with E-state index in [4.69, 9.17) is 11.5 Å². The van der Waals surface area contributed by atoms with Gasteiger partial charge in [-0.25, -0.2) is 0 Å². The van der Waals surface area contributed by atoms with Crippen molar-refractivity contribution in [1.29, 1.82) is 0 Å². The van der Waals surface area contributed by atoms with Crippen LogP contribution in [0.25, 0.3) is 10.8 Å². The van der Waals surface area contributed by atoms with Gasteiger partial charge in [-0.2, -0.15) is 13.2 Å². The lowest BCUT2D eigenvalue weighted by Gasteiger charge is -2.36. The fourth-order valence-electron chi connectivity index (χ4n) is 5.94. The van der Waals surface area contributed by atoms with E-state index >= 15 is 0 Å². The number of carbonyl (C=O) groups is 3. The molecule has 44 heavy (non-hydrogen) atoms. The summed E-state index contributed by atoms with van der Waals surface area (Å²) >= 11 is 0. The van der Waals surface area contributed by atoms with Crippen LogP contribution in [0.5, 0.6) is 0 Å². The maximum atomic E-state index is 14.5. The number of anilines is 1. The maximum Gasteiger partial charge on any atom is 0.416 e. The lowest BCUT2D eigenvalue weighted by atomic mass is 9.96. The van der Waals surface area contributed by atoms with Crippen molar-refractivity contribution < 1.29 is 27.6 Å². The van der Waals surface area contributed by atoms with E-state index in [0.29, 0.717) is 11.3 Å². The highest BCUT2D eigenvalue weighted by Gasteiger charge is 2.43. The first kappa shape index (κ1) is 30.6. The molecule has 1 saturated heterocycles. The zero-order valence-electron chi connectivity index (χ0n) is 24.1. The van der Waals surface area contributed by atoms with Crippen molar-refractivity contribution in [3.63, 3.8) is 0 Å². The van der Waals surface area contributed by atoms with Crippen LogP contribution in [0.1, 0.15) is 41.6 Å². The molecule has 3 amide bonds. The third-order valence-electron chi connectivity index (χ3n) is 8.21. The zero-order chi connectivity index (χ0) is 31.6. The number of hydrogen-bond acceptors (Lipinski definition) is 4. The van der Waals surface area contributed by atoms with Gasteiger partial charge < -0.3 is 21.3 Å². The normalized spacial score (nSPS) is 18.2. The summed E-state index contributed by atoms with van der Waals surface area (Å²) in [6.07, 6.45) is -4.37. The summed E-state index contributed by atoms with van der Waals surface area (Å²) in [7, 11) is 0. The van der Waals surface area contributed by atoms with Gasteiger partial charge in [-0.3, -0.25) is 14.4 Å². The van der Waals surface area contributed by atoms with Gasteiger partial charge in [0, 0.05) is 24.7 Å². The Morgan fingerprint density at radius 3 is 2.34 bits per heavy atom. The van der Waals surface area contributed by atoms with Crippen molar-refractivity contribution in [1.82, 2.24) is 9.80 Å². The number of amides is 3. The lowest BCUT2D eigenvalue weighted by Crippen LogP contribution is -2.52. The molecule has 1 aliphatic heterocycles. The minimum absolute atomic E-state index is 0.00242. The molecule has 5 rings (SSSR count). The Morgan fingerprint density at radius 1 is 0.955 bits per heavy atom. The smallest absolute Gasteiger partial charge is 0.399 e. The number of halogens is 3. The minimum atomic E-state index is -4.67. The molecule has 228 valence electrons. The fraction of sp³-hybridized carbons (Fsp3) is 0.265. The molecule has 10 heteroatoms. The summed E-state index contributed by atoms with van der Waals surface area (Å²) in [5.74, 6) is -1.85. The quantitative estimate of drug-likeness (QED) is 0.281. The Balaban J connectivity index is 1.57. The Kier molecular flexibility index (Phi) is 8.62. The van der Waals surface area contributed by atoms with Crippen LogP contribution in [0, 0.1) is 0 Å². The number of alkyl halides is 3. The van der Waals surface area contributed by atoms with Crippen LogP contribution in [0.2, 0.25) is 0 Å². The second-order valence-electron chi connectivity index (χ2n) is 11.2. The van der Waals surface area contributed by atoms with Crippen molar-refractivity contribution in [2.75, 3.05) is 12.3 Å². The zero-order valence-corrected chi connectivity index (χ0v) is 24.1. The van der Waals surface area contributed by atoms with Crippen LogP contribution in [0.3, 0.4) is 0 Å². The summed E-state index contributed by atoms with van der Waals surface area (Å²) in [6.45, 7) is 1.84. The van der Waals surface area contributed by atoms with Gasteiger partial charge in [-0.15, -0.1) is 0 Å². The van der Waals surface area contributed by atoms with E-state index in [1.54, 1.807) is 31.2 Å². The highest BCUT2D eigenvalue weighted by molar-refractivity contribution is 5.94. The van der Waals surface area contributed by atoms with Gasteiger partial charge in [0.05, 0.1) is 12.0 Å². The van der Waals surface area contributed by atoms with Gasteiger partial charge in [-0.05, 0) is 65.1 Å². The molecule has 0 radical (unpaired) electrons. The minimum Gasteiger partial charge on any atom is -0.399 e. The third-order valence-corrected chi connectivity index (χ3v) is 8.21. The predicted molar refractivity (Wildman–Crippen MR) is 162 cm³/mol. The lowest BCUT2D eigenvalue weighted by molar-refractivity contribution is -0.148. The maximum absolute atomic E-state index is 14.5. The summed E-state index contributed by atoms with van der Waals surface area (Å²) in [4.78, 5) is 44.0. The molecule has 0 unspecified atom stereocenters. The van der Waals surface area contributed by atoms with Gasteiger partial charge >= 0.3 is 6.18 Å². The first-order valence-corrected chi connectivity index (χ1v) is 14.3. The number of benzene rings is 4. The Hall–Kier alpha value is -4.86. The number of primary amides is 1. The summed E-state index contributed by atoms with van der Waals surface area (Å²) in [5, 5.41) is 1.84. The summed E-state index contributed by atoms with van der Waals surface area (Å²) in [5.41, 5.74) is 12.7. The monoisotopic (exact) mass is 602 g/mol. The number of fused-ring (bicyclic) bond motifs is 1. The first-order valence-electron chi connectivity index (χ1n) is 14.3. The Morgan fingerprint density at radius 2 is 1.64 bits per heavy atom. The largest absolute Gasteiger partial charge is 0.416 e. The van der Waals surface area contributed by atoms with E-state index in [1.165, 1.54) is 21.9 Å². The van der Waals surface area contributed by atoms with Crippen LogP contribution in [-0.4, -0.2) is 46.1 Å². The average molecular weight is 603 g/mol. The van der Waals surface area contributed by atoms with Gasteiger partial charge in [0.1, 0.15) is 12.1 Å². The number of nitrogen functional groups attached to an aromatic ring is 1. The van der Waals surface area contributed by atoms with Gasteiger partial charge in [0.25, 0.3) is 5.91 Å². The highest BCUT2D eigenvalue weighted by Crippen LogP contribution is 2.36. The molecule has 0 bridgehead atoms. The second-order valence-corrected chi connectivity index (χ2v) is 11.2. The van der Waals surface area contributed by atoms with Crippen molar-refractivity contribution in [3.8, 4) is 0 Å². The van der Waals surface area contributed by atoms with E-state index in [2.05, 4.69) is 0 Å². The molecule has 1 heterocycles. The molecule has 4 N–H and O–H groups in total. The molecule has 3 atom stereocenters. The molecule has 4 aromatic carbocycles. The van der Waals surface area contributed by atoms with Crippen molar-refractivity contribution in [2.24, 2.45) is 5.73 Å². The average Bonchev–Trinajstić information content (AvgIpc) is 3.12. The van der Waals surface area contributed by atoms with Crippen molar-refractivity contribution in [3.05, 3.63) is 113 Å². The number of nitrogens with zero attached hydrogens (tertiary/aromatic N) is 2. The molecule has 0 saturated carbocycles. The van der Waals surface area contributed by atoms with E-state index in [-0.39, 0.29) is 31.4 Å². The van der Waals surface area contributed by atoms with Crippen LogP contribution >= 0.6 is 0 Å². The molecular formula is C34H33F3N4O3. The van der Waals surface area contributed by atoms with E-state index in [9.17, 15) is 27.6 Å². The summed E-state index contributed by atoms with van der Waals surface area (Å²) < 4.78 is 41.4. The molecule has 0 aromatic heterocycles. The molecular weight excluding hydrogens is 569 g/mol. The standard InChI is InChI=1S/C34H33F3N4O3/c1-21-16-17-40(29(32(39)43)20-24-8-4-7-23-6-2-3-11-28(23)24)33(44)31(25-9-5-10-26(19-25)34(35,36)37)41(21)30(42)18-22-12-14-27(38)15-13-22/h2-15,19,21,29,31H,16-18,20,38H2,1H3,(H2,39,43)/t21-,29-,31+/m1/s1. The van der Waals surface area contributed by atoms with Crippen LogP contribution < -0.4 is 11.5 Å². The number of nitrogens with two attached hydrogens (primary N) is 2.